The number of hydrogen-bond donors (Lipinski definition) is 1. The number of aryl methyl sites for hydroxylation is 1. The van der Waals surface area contributed by atoms with Crippen LogP contribution >= 0.6 is 11.6 Å². The van der Waals surface area contributed by atoms with Crippen LogP contribution in [0.1, 0.15) is 37.3 Å². The third kappa shape index (κ3) is 6.32. The molecule has 1 aliphatic heterocycles. The molecular weight excluding hydrogens is 490 g/mol. The number of Topliss-reactive ketones (excluding diaryl/α,β-unsaturated/α-hetero) is 1. The van der Waals surface area contributed by atoms with Gasteiger partial charge in [-0.1, -0.05) is 67.1 Å². The molecule has 3 aromatic carbocycles. The zero-order valence-corrected chi connectivity index (χ0v) is 21.7. The number of anilines is 1. The predicted octanol–water partition coefficient (Wildman–Crippen LogP) is 5.34. The molecule has 2 unspecified atom stereocenters. The first kappa shape index (κ1) is 26.7. The number of rotatable bonds is 11. The SMILES string of the molecule is CCCN(c1cccc(Cl)c1)C1C(=O)CC(CCc2ccccc2)(c2ccc(OCCO)cc2)OC1=O. The summed E-state index contributed by atoms with van der Waals surface area (Å²) < 4.78 is 11.7. The molecule has 0 radical (unpaired) electrons. The Morgan fingerprint density at radius 2 is 1.81 bits per heavy atom. The maximum atomic E-state index is 13.8. The van der Waals surface area contributed by atoms with E-state index in [1.165, 1.54) is 0 Å². The van der Waals surface area contributed by atoms with Crippen molar-refractivity contribution in [2.24, 2.45) is 0 Å². The van der Waals surface area contributed by atoms with Gasteiger partial charge >= 0.3 is 5.97 Å². The average Bonchev–Trinajstić information content (AvgIpc) is 2.91. The Labute approximate surface area is 222 Å². The van der Waals surface area contributed by atoms with Crippen molar-refractivity contribution >= 4 is 29.0 Å². The molecule has 1 aliphatic rings. The highest BCUT2D eigenvalue weighted by molar-refractivity contribution is 6.30. The van der Waals surface area contributed by atoms with E-state index in [9.17, 15) is 9.59 Å². The molecule has 37 heavy (non-hydrogen) atoms. The molecule has 1 fully saturated rings. The number of nitrogens with zero attached hydrogens (tertiary/aromatic N) is 1. The van der Waals surface area contributed by atoms with Crippen molar-refractivity contribution in [2.75, 3.05) is 24.7 Å². The van der Waals surface area contributed by atoms with Crippen LogP contribution < -0.4 is 9.64 Å². The van der Waals surface area contributed by atoms with Crippen LogP contribution in [0.5, 0.6) is 5.75 Å². The zero-order valence-electron chi connectivity index (χ0n) is 20.9. The standard InChI is InChI=1S/C30H32ClNO5/c1-2-17-32(25-10-6-9-24(31)20-25)28-27(34)21-30(37-29(28)35,16-15-22-7-4-3-5-8-22)23-11-13-26(14-12-23)36-19-18-33/h3-14,20,28,33H,2,15-19,21H2,1H3. The van der Waals surface area contributed by atoms with E-state index < -0.39 is 17.6 Å². The van der Waals surface area contributed by atoms with Gasteiger partial charge in [0.2, 0.25) is 0 Å². The van der Waals surface area contributed by atoms with Crippen LogP contribution in [-0.4, -0.2) is 42.7 Å². The number of cyclic esters (lactones) is 1. The maximum absolute atomic E-state index is 13.8. The minimum Gasteiger partial charge on any atom is -0.491 e. The smallest absolute Gasteiger partial charge is 0.337 e. The topological polar surface area (TPSA) is 76.1 Å². The number of ketones is 1. The van der Waals surface area contributed by atoms with Gasteiger partial charge in [0.1, 0.15) is 18.0 Å². The average molecular weight is 522 g/mol. The third-order valence-corrected chi connectivity index (χ3v) is 6.84. The molecule has 3 aromatic rings. The molecule has 0 spiro atoms. The van der Waals surface area contributed by atoms with E-state index in [1.54, 1.807) is 29.2 Å². The molecule has 0 aliphatic carbocycles. The highest BCUT2D eigenvalue weighted by Crippen LogP contribution is 2.41. The lowest BCUT2D eigenvalue weighted by Gasteiger charge is -2.42. The van der Waals surface area contributed by atoms with Gasteiger partial charge in [-0.3, -0.25) is 4.79 Å². The summed E-state index contributed by atoms with van der Waals surface area (Å²) in [5.41, 5.74) is 1.46. The second kappa shape index (κ2) is 12.3. The molecule has 194 valence electrons. The Balaban J connectivity index is 1.65. The molecule has 1 heterocycles. The molecular formula is C30H32ClNO5. The Hall–Kier alpha value is -3.35. The Morgan fingerprint density at radius 1 is 1.05 bits per heavy atom. The number of carbonyl (C=O) groups is 2. The number of aliphatic hydroxyl groups excluding tert-OH is 1. The molecule has 0 bridgehead atoms. The first-order valence-corrected chi connectivity index (χ1v) is 13.0. The fraction of sp³-hybridized carbons (Fsp3) is 0.333. The lowest BCUT2D eigenvalue weighted by Crippen LogP contribution is -2.56. The summed E-state index contributed by atoms with van der Waals surface area (Å²) in [6.07, 6.45) is 1.91. The lowest BCUT2D eigenvalue weighted by atomic mass is 9.79. The number of carbonyl (C=O) groups excluding carboxylic acids is 2. The fourth-order valence-corrected chi connectivity index (χ4v) is 5.04. The van der Waals surface area contributed by atoms with Crippen molar-refractivity contribution in [1.29, 1.82) is 0 Å². The van der Waals surface area contributed by atoms with Crippen molar-refractivity contribution in [3.63, 3.8) is 0 Å². The van der Waals surface area contributed by atoms with Gasteiger partial charge in [0.25, 0.3) is 0 Å². The lowest BCUT2D eigenvalue weighted by molar-refractivity contribution is -0.175. The number of halogens is 1. The van der Waals surface area contributed by atoms with Crippen molar-refractivity contribution < 1.29 is 24.2 Å². The van der Waals surface area contributed by atoms with E-state index >= 15 is 0 Å². The Bertz CT molecular complexity index is 1180. The van der Waals surface area contributed by atoms with Crippen molar-refractivity contribution in [1.82, 2.24) is 0 Å². The number of hydrogen-bond acceptors (Lipinski definition) is 6. The summed E-state index contributed by atoms with van der Waals surface area (Å²) in [4.78, 5) is 29.2. The second-order valence-corrected chi connectivity index (χ2v) is 9.65. The molecule has 1 saturated heterocycles. The van der Waals surface area contributed by atoms with Gasteiger partial charge < -0.3 is 19.5 Å². The van der Waals surface area contributed by atoms with E-state index in [-0.39, 0.29) is 25.4 Å². The summed E-state index contributed by atoms with van der Waals surface area (Å²) in [6.45, 7) is 2.61. The second-order valence-electron chi connectivity index (χ2n) is 9.22. The van der Waals surface area contributed by atoms with Crippen molar-refractivity contribution in [3.8, 4) is 5.75 Å². The van der Waals surface area contributed by atoms with Crippen LogP contribution in [0.4, 0.5) is 5.69 Å². The number of benzene rings is 3. The van der Waals surface area contributed by atoms with Gasteiger partial charge in [0, 0.05) is 17.3 Å². The van der Waals surface area contributed by atoms with Crippen molar-refractivity contribution in [2.45, 2.75) is 44.2 Å². The van der Waals surface area contributed by atoms with Crippen LogP contribution in [0.15, 0.2) is 78.9 Å². The van der Waals surface area contributed by atoms with E-state index in [0.29, 0.717) is 35.8 Å². The van der Waals surface area contributed by atoms with E-state index in [2.05, 4.69) is 0 Å². The summed E-state index contributed by atoms with van der Waals surface area (Å²) in [5.74, 6) is -0.144. The van der Waals surface area contributed by atoms with Gasteiger partial charge in [0.05, 0.1) is 13.0 Å². The van der Waals surface area contributed by atoms with Crippen LogP contribution in [0, 0.1) is 0 Å². The fourth-order valence-electron chi connectivity index (χ4n) is 4.85. The highest BCUT2D eigenvalue weighted by atomic mass is 35.5. The molecule has 4 rings (SSSR count). The van der Waals surface area contributed by atoms with Crippen LogP contribution in [0.25, 0.3) is 0 Å². The highest BCUT2D eigenvalue weighted by Gasteiger charge is 2.50. The summed E-state index contributed by atoms with van der Waals surface area (Å²) in [5, 5.41) is 9.58. The van der Waals surface area contributed by atoms with E-state index in [0.717, 1.165) is 17.5 Å². The molecule has 7 heteroatoms. The van der Waals surface area contributed by atoms with Gasteiger partial charge in [-0.2, -0.15) is 0 Å². The largest absolute Gasteiger partial charge is 0.491 e. The molecule has 0 amide bonds. The van der Waals surface area contributed by atoms with Crippen LogP contribution in [0.3, 0.4) is 0 Å². The van der Waals surface area contributed by atoms with Crippen LogP contribution in [-0.2, 0) is 26.3 Å². The summed E-state index contributed by atoms with van der Waals surface area (Å²) in [6, 6.07) is 23.3. The van der Waals surface area contributed by atoms with Gasteiger partial charge in [-0.05, 0) is 60.7 Å². The predicted molar refractivity (Wildman–Crippen MR) is 144 cm³/mol. The monoisotopic (exact) mass is 521 g/mol. The molecule has 6 nitrogen and oxygen atoms in total. The molecule has 0 aromatic heterocycles. The quantitative estimate of drug-likeness (QED) is 0.271. The Morgan fingerprint density at radius 3 is 2.46 bits per heavy atom. The molecule has 2 atom stereocenters. The molecule has 1 N–H and O–H groups in total. The van der Waals surface area contributed by atoms with Gasteiger partial charge in [0.15, 0.2) is 11.8 Å². The van der Waals surface area contributed by atoms with Gasteiger partial charge in [-0.25, -0.2) is 4.79 Å². The number of esters is 1. The first-order valence-electron chi connectivity index (χ1n) is 12.6. The Kier molecular flexibility index (Phi) is 8.85. The molecule has 0 saturated carbocycles. The van der Waals surface area contributed by atoms with Crippen molar-refractivity contribution in [3.05, 3.63) is 95.0 Å². The summed E-state index contributed by atoms with van der Waals surface area (Å²) in [7, 11) is 0. The van der Waals surface area contributed by atoms with E-state index in [4.69, 9.17) is 26.2 Å². The van der Waals surface area contributed by atoms with Crippen LogP contribution in [0.2, 0.25) is 5.02 Å². The van der Waals surface area contributed by atoms with E-state index in [1.807, 2.05) is 61.5 Å². The zero-order chi connectivity index (χ0) is 26.3. The number of ether oxygens (including phenoxy) is 2. The first-order chi connectivity index (χ1) is 18.0. The number of aliphatic hydroxyl groups is 1. The minimum absolute atomic E-state index is 0.0634. The maximum Gasteiger partial charge on any atom is 0.337 e. The summed E-state index contributed by atoms with van der Waals surface area (Å²) >= 11 is 6.22. The normalized spacial score (nSPS) is 19.4. The van der Waals surface area contributed by atoms with Gasteiger partial charge in [-0.15, -0.1) is 0 Å². The minimum atomic E-state index is -1.10. The third-order valence-electron chi connectivity index (χ3n) is 6.60.